The number of imidazole rings is 1. The molecule has 0 bridgehead atoms. The summed E-state index contributed by atoms with van der Waals surface area (Å²) in [5.41, 5.74) is 7.82. The normalized spacial score (nSPS) is 10.7. The largest absolute Gasteiger partial charge is 0.334 e. The summed E-state index contributed by atoms with van der Waals surface area (Å²) in [7, 11) is 2.03. The zero-order chi connectivity index (χ0) is 9.14. The van der Waals surface area contributed by atoms with Crippen molar-refractivity contribution in [2.75, 3.05) is 0 Å². The second kappa shape index (κ2) is 3.72. The fourth-order valence-electron chi connectivity index (χ4n) is 1.46. The van der Waals surface area contributed by atoms with Crippen LogP contribution in [0.4, 0.5) is 0 Å². The SMILES string of the molecule is CCCc1nc(C)c(CN)n1C. The Hall–Kier alpha value is -0.830. The molecule has 0 aliphatic rings. The van der Waals surface area contributed by atoms with Crippen LogP contribution in [0.3, 0.4) is 0 Å². The minimum atomic E-state index is 0.582. The Morgan fingerprint density at radius 1 is 1.50 bits per heavy atom. The van der Waals surface area contributed by atoms with Gasteiger partial charge in [-0.2, -0.15) is 0 Å². The molecule has 3 nitrogen and oxygen atoms in total. The van der Waals surface area contributed by atoms with E-state index in [0.717, 1.165) is 30.1 Å². The van der Waals surface area contributed by atoms with E-state index in [0.29, 0.717) is 6.54 Å². The van der Waals surface area contributed by atoms with Gasteiger partial charge in [-0.25, -0.2) is 4.98 Å². The zero-order valence-corrected chi connectivity index (χ0v) is 8.09. The average Bonchev–Trinajstić information content (AvgIpc) is 2.29. The van der Waals surface area contributed by atoms with Crippen molar-refractivity contribution < 1.29 is 0 Å². The van der Waals surface area contributed by atoms with Crippen LogP contribution in [0, 0.1) is 6.92 Å². The molecule has 1 rings (SSSR count). The van der Waals surface area contributed by atoms with Crippen molar-refractivity contribution in [3.8, 4) is 0 Å². The quantitative estimate of drug-likeness (QED) is 0.733. The van der Waals surface area contributed by atoms with E-state index in [1.807, 2.05) is 14.0 Å². The number of nitrogens with two attached hydrogens (primary N) is 1. The van der Waals surface area contributed by atoms with Crippen LogP contribution in [0.25, 0.3) is 0 Å². The molecule has 3 heteroatoms. The number of rotatable bonds is 3. The van der Waals surface area contributed by atoms with E-state index >= 15 is 0 Å². The summed E-state index contributed by atoms with van der Waals surface area (Å²) in [6.45, 7) is 4.76. The van der Waals surface area contributed by atoms with Crippen LogP contribution in [-0.2, 0) is 20.0 Å². The topological polar surface area (TPSA) is 43.8 Å². The van der Waals surface area contributed by atoms with Gasteiger partial charge in [0, 0.05) is 20.0 Å². The van der Waals surface area contributed by atoms with Crippen molar-refractivity contribution >= 4 is 0 Å². The Labute approximate surface area is 73.6 Å². The molecule has 0 atom stereocenters. The molecule has 1 heterocycles. The molecule has 0 spiro atoms. The molecular weight excluding hydrogens is 150 g/mol. The van der Waals surface area contributed by atoms with Gasteiger partial charge in [-0.05, 0) is 13.3 Å². The predicted octanol–water partition coefficient (Wildman–Crippen LogP) is 1.14. The highest BCUT2D eigenvalue weighted by molar-refractivity contribution is 5.15. The lowest BCUT2D eigenvalue weighted by molar-refractivity contribution is 0.727. The maximum absolute atomic E-state index is 5.60. The number of hydrogen-bond donors (Lipinski definition) is 1. The van der Waals surface area contributed by atoms with E-state index < -0.39 is 0 Å². The van der Waals surface area contributed by atoms with Crippen molar-refractivity contribution in [2.24, 2.45) is 12.8 Å². The van der Waals surface area contributed by atoms with Gasteiger partial charge in [0.15, 0.2) is 0 Å². The second-order valence-corrected chi connectivity index (χ2v) is 3.07. The molecule has 0 saturated carbocycles. The first-order valence-corrected chi connectivity index (χ1v) is 4.41. The van der Waals surface area contributed by atoms with Gasteiger partial charge in [0.1, 0.15) is 5.82 Å². The first-order valence-electron chi connectivity index (χ1n) is 4.41. The molecule has 68 valence electrons. The molecule has 2 N–H and O–H groups in total. The average molecular weight is 167 g/mol. The molecule has 0 aromatic carbocycles. The lowest BCUT2D eigenvalue weighted by Gasteiger charge is -2.02. The molecule has 0 saturated heterocycles. The van der Waals surface area contributed by atoms with Gasteiger partial charge in [0.25, 0.3) is 0 Å². The predicted molar refractivity (Wildman–Crippen MR) is 49.8 cm³/mol. The van der Waals surface area contributed by atoms with Gasteiger partial charge in [0.2, 0.25) is 0 Å². The maximum atomic E-state index is 5.60. The Balaban J connectivity index is 3.00. The van der Waals surface area contributed by atoms with Gasteiger partial charge in [0.05, 0.1) is 11.4 Å². The van der Waals surface area contributed by atoms with Crippen LogP contribution < -0.4 is 5.73 Å². The smallest absolute Gasteiger partial charge is 0.108 e. The van der Waals surface area contributed by atoms with Gasteiger partial charge in [-0.15, -0.1) is 0 Å². The Morgan fingerprint density at radius 3 is 2.58 bits per heavy atom. The minimum Gasteiger partial charge on any atom is -0.334 e. The summed E-state index contributed by atoms with van der Waals surface area (Å²) in [5.74, 6) is 1.15. The van der Waals surface area contributed by atoms with Crippen LogP contribution in [0.15, 0.2) is 0 Å². The molecule has 0 radical (unpaired) electrons. The van der Waals surface area contributed by atoms with Gasteiger partial charge < -0.3 is 10.3 Å². The molecule has 12 heavy (non-hydrogen) atoms. The third-order valence-electron chi connectivity index (χ3n) is 2.17. The second-order valence-electron chi connectivity index (χ2n) is 3.07. The Bertz CT molecular complexity index is 263. The summed E-state index contributed by atoms with van der Waals surface area (Å²) in [5, 5.41) is 0. The summed E-state index contributed by atoms with van der Waals surface area (Å²) < 4.78 is 2.11. The first-order chi connectivity index (χ1) is 5.70. The fourth-order valence-corrected chi connectivity index (χ4v) is 1.46. The standard InChI is InChI=1S/C9H17N3/c1-4-5-9-11-7(2)8(6-10)12(9)3/h4-6,10H2,1-3H3. The highest BCUT2D eigenvalue weighted by Crippen LogP contribution is 2.09. The molecule has 1 aromatic heterocycles. The van der Waals surface area contributed by atoms with E-state index in [9.17, 15) is 0 Å². The lowest BCUT2D eigenvalue weighted by Crippen LogP contribution is -2.06. The monoisotopic (exact) mass is 167 g/mol. The molecular formula is C9H17N3. The van der Waals surface area contributed by atoms with Crippen LogP contribution in [0.1, 0.15) is 30.6 Å². The van der Waals surface area contributed by atoms with Crippen molar-refractivity contribution in [3.05, 3.63) is 17.2 Å². The van der Waals surface area contributed by atoms with Crippen molar-refractivity contribution in [2.45, 2.75) is 33.2 Å². The van der Waals surface area contributed by atoms with E-state index in [1.54, 1.807) is 0 Å². The lowest BCUT2D eigenvalue weighted by atomic mass is 10.3. The van der Waals surface area contributed by atoms with Crippen LogP contribution in [0.5, 0.6) is 0 Å². The number of hydrogen-bond acceptors (Lipinski definition) is 2. The fraction of sp³-hybridized carbons (Fsp3) is 0.667. The first kappa shape index (κ1) is 9.26. The summed E-state index contributed by atoms with van der Waals surface area (Å²) >= 11 is 0. The maximum Gasteiger partial charge on any atom is 0.108 e. The summed E-state index contributed by atoms with van der Waals surface area (Å²) in [6.07, 6.45) is 2.17. The third-order valence-corrected chi connectivity index (χ3v) is 2.17. The van der Waals surface area contributed by atoms with Crippen molar-refractivity contribution in [3.63, 3.8) is 0 Å². The van der Waals surface area contributed by atoms with Gasteiger partial charge >= 0.3 is 0 Å². The van der Waals surface area contributed by atoms with E-state index in [1.165, 1.54) is 0 Å². The molecule has 0 amide bonds. The van der Waals surface area contributed by atoms with E-state index in [4.69, 9.17) is 5.73 Å². The molecule has 0 unspecified atom stereocenters. The highest BCUT2D eigenvalue weighted by Gasteiger charge is 2.07. The zero-order valence-electron chi connectivity index (χ0n) is 8.09. The van der Waals surface area contributed by atoms with Gasteiger partial charge in [-0.1, -0.05) is 6.92 Å². The molecule has 1 aromatic rings. The summed E-state index contributed by atoms with van der Waals surface area (Å²) in [4.78, 5) is 4.45. The van der Waals surface area contributed by atoms with Crippen LogP contribution in [-0.4, -0.2) is 9.55 Å². The van der Waals surface area contributed by atoms with Crippen molar-refractivity contribution in [1.82, 2.24) is 9.55 Å². The number of aryl methyl sites for hydroxylation is 2. The highest BCUT2D eigenvalue weighted by atomic mass is 15.1. The van der Waals surface area contributed by atoms with Gasteiger partial charge in [-0.3, -0.25) is 0 Å². The van der Waals surface area contributed by atoms with Crippen LogP contribution in [0.2, 0.25) is 0 Å². The molecule has 0 fully saturated rings. The Morgan fingerprint density at radius 2 is 2.17 bits per heavy atom. The molecule has 0 aliphatic heterocycles. The summed E-state index contributed by atoms with van der Waals surface area (Å²) in [6, 6.07) is 0. The minimum absolute atomic E-state index is 0.582. The number of aromatic nitrogens is 2. The van der Waals surface area contributed by atoms with Crippen LogP contribution >= 0.6 is 0 Å². The molecule has 0 aliphatic carbocycles. The van der Waals surface area contributed by atoms with Crippen molar-refractivity contribution in [1.29, 1.82) is 0 Å². The number of nitrogens with zero attached hydrogens (tertiary/aromatic N) is 2. The van der Waals surface area contributed by atoms with E-state index in [2.05, 4.69) is 16.5 Å². The van der Waals surface area contributed by atoms with E-state index in [-0.39, 0.29) is 0 Å². The Kier molecular flexibility index (Phi) is 2.87. The third kappa shape index (κ3) is 1.50.